The van der Waals surface area contributed by atoms with Crippen LogP contribution in [0.25, 0.3) is 49.8 Å². The van der Waals surface area contributed by atoms with Crippen LogP contribution >= 0.6 is 0 Å². The van der Waals surface area contributed by atoms with Gasteiger partial charge in [0.15, 0.2) is 0 Å². The van der Waals surface area contributed by atoms with Crippen LogP contribution in [0.1, 0.15) is 41.5 Å². The Labute approximate surface area is 276 Å². The van der Waals surface area contributed by atoms with E-state index >= 15 is 0 Å². The molecule has 0 aliphatic carbocycles. The van der Waals surface area contributed by atoms with Gasteiger partial charge in [-0.05, 0) is 73.7 Å². The third-order valence-corrected chi connectivity index (χ3v) is 9.65. The minimum absolute atomic E-state index is 0.0206. The van der Waals surface area contributed by atoms with E-state index in [-0.39, 0.29) is 23.5 Å². The van der Waals surface area contributed by atoms with Crippen molar-refractivity contribution in [3.05, 3.63) is 108 Å². The third-order valence-electron chi connectivity index (χ3n) is 9.65. The normalized spacial score (nSPS) is 15.6. The number of para-hydroxylation sites is 1. The quantitative estimate of drug-likeness (QED) is 0.207. The highest BCUT2D eigenvalue weighted by Gasteiger charge is 2.35. The number of H-pyrrole nitrogens is 1. The molecule has 2 aliphatic rings. The fraction of sp³-hybridized carbons (Fsp3) is 0.237. The lowest BCUT2D eigenvalue weighted by Crippen LogP contribution is -2.41. The summed E-state index contributed by atoms with van der Waals surface area (Å²) in [6.07, 6.45) is 8.74. The number of benzene rings is 2. The molecule has 0 radical (unpaired) electrons. The number of likely N-dealkylation sites (tertiary alicyclic amines) is 1. The number of aromatic nitrogens is 5. The van der Waals surface area contributed by atoms with Gasteiger partial charge < -0.3 is 14.8 Å². The van der Waals surface area contributed by atoms with Gasteiger partial charge in [-0.3, -0.25) is 24.2 Å². The summed E-state index contributed by atoms with van der Waals surface area (Å²) in [6.45, 7) is 4.25. The van der Waals surface area contributed by atoms with Crippen LogP contribution < -0.4 is 0 Å². The van der Waals surface area contributed by atoms with Crippen molar-refractivity contribution in [1.29, 1.82) is 0 Å². The number of carbonyl (C=O) groups is 2. The van der Waals surface area contributed by atoms with Gasteiger partial charge in [0, 0.05) is 84.3 Å². The second-order valence-electron chi connectivity index (χ2n) is 12.8. The zero-order valence-electron chi connectivity index (χ0n) is 26.8. The maximum atomic E-state index is 13.9. The van der Waals surface area contributed by atoms with Crippen molar-refractivity contribution in [2.75, 3.05) is 19.6 Å². The molecule has 6 heterocycles. The first kappa shape index (κ1) is 29.7. The number of hydrogen-bond donors (Lipinski definition) is 1. The molecular weight excluding hydrogens is 605 g/mol. The number of pyridine rings is 2. The number of rotatable bonds is 6. The predicted molar refractivity (Wildman–Crippen MR) is 183 cm³/mol. The lowest BCUT2D eigenvalue weighted by atomic mass is 9.95. The average molecular weight is 640 g/mol. The van der Waals surface area contributed by atoms with Gasteiger partial charge in [0.2, 0.25) is 5.91 Å². The third kappa shape index (κ3) is 5.23. The number of nitrogens with zero attached hydrogens (tertiary/aromatic N) is 6. The van der Waals surface area contributed by atoms with Crippen LogP contribution in [0.3, 0.4) is 0 Å². The molecule has 2 aromatic carbocycles. The summed E-state index contributed by atoms with van der Waals surface area (Å²) in [4.78, 5) is 43.7. The van der Waals surface area contributed by atoms with Crippen LogP contribution in [-0.4, -0.2) is 66.0 Å². The van der Waals surface area contributed by atoms with Crippen molar-refractivity contribution in [3.8, 4) is 22.4 Å². The van der Waals surface area contributed by atoms with Crippen molar-refractivity contribution in [2.24, 2.45) is 13.0 Å². The Bertz CT molecular complexity index is 2240. The molecular formula is C38H34FN7O2. The van der Waals surface area contributed by atoms with E-state index in [1.54, 1.807) is 35.3 Å². The van der Waals surface area contributed by atoms with E-state index in [2.05, 4.69) is 26.1 Å². The number of nitrogens with one attached hydrogen (secondary N) is 1. The van der Waals surface area contributed by atoms with E-state index in [0.717, 1.165) is 68.3 Å². The fourth-order valence-electron chi connectivity index (χ4n) is 7.22. The minimum Gasteiger partial charge on any atom is -0.353 e. The van der Waals surface area contributed by atoms with Crippen LogP contribution in [0.2, 0.25) is 0 Å². The topological polar surface area (TPSA) is 100 Å². The maximum absolute atomic E-state index is 13.9. The molecule has 9 nitrogen and oxygen atoms in total. The number of allylic oxidation sites excluding steroid dienone is 1. The monoisotopic (exact) mass is 639 g/mol. The Morgan fingerprint density at radius 3 is 2.56 bits per heavy atom. The Kier molecular flexibility index (Phi) is 7.35. The summed E-state index contributed by atoms with van der Waals surface area (Å²) in [6, 6.07) is 18.2. The summed E-state index contributed by atoms with van der Waals surface area (Å²) in [5, 5.41) is 6.86. The molecule has 48 heavy (non-hydrogen) atoms. The molecule has 0 bridgehead atoms. The van der Waals surface area contributed by atoms with Crippen LogP contribution in [-0.2, 0) is 18.4 Å². The highest BCUT2D eigenvalue weighted by atomic mass is 19.1. The Morgan fingerprint density at radius 1 is 0.979 bits per heavy atom. The second-order valence-corrected chi connectivity index (χ2v) is 12.8. The molecule has 0 saturated carbocycles. The van der Waals surface area contributed by atoms with Gasteiger partial charge in [-0.25, -0.2) is 4.39 Å². The van der Waals surface area contributed by atoms with Gasteiger partial charge in [0.25, 0.3) is 5.91 Å². The minimum atomic E-state index is -0.315. The van der Waals surface area contributed by atoms with Crippen LogP contribution in [0.5, 0.6) is 0 Å². The smallest absolute Gasteiger partial charge is 0.256 e. The first-order valence-corrected chi connectivity index (χ1v) is 16.2. The number of halogens is 1. The number of piperidine rings is 1. The summed E-state index contributed by atoms with van der Waals surface area (Å²) in [7, 11) is 1.83. The summed E-state index contributed by atoms with van der Waals surface area (Å²) in [5.74, 6) is -0.105. The highest BCUT2D eigenvalue weighted by Crippen LogP contribution is 2.37. The van der Waals surface area contributed by atoms with E-state index in [0.29, 0.717) is 37.4 Å². The summed E-state index contributed by atoms with van der Waals surface area (Å²) in [5.41, 5.74) is 7.97. The molecule has 10 heteroatoms. The van der Waals surface area contributed by atoms with Crippen LogP contribution in [0.4, 0.5) is 4.39 Å². The van der Waals surface area contributed by atoms with E-state index in [1.807, 2.05) is 60.3 Å². The molecule has 0 atom stereocenters. The molecule has 6 aromatic rings. The molecule has 1 N–H and O–H groups in total. The molecule has 1 saturated heterocycles. The molecule has 1 fully saturated rings. The van der Waals surface area contributed by atoms with Crippen molar-refractivity contribution >= 4 is 39.2 Å². The number of aromatic amines is 1. The van der Waals surface area contributed by atoms with Crippen molar-refractivity contribution in [1.82, 2.24) is 34.5 Å². The average Bonchev–Trinajstić information content (AvgIpc) is 3.78. The SMILES string of the molecule is C/C(=C\C(=O)N1CCC(CN2Cc3nccc(-c4cn(C)nc4-c4ccc(F)cc4)c3C2=O)CC1)c1nccc2c1[nH]c1ccccc12. The molecule has 2 aliphatic heterocycles. The number of amides is 2. The van der Waals surface area contributed by atoms with Gasteiger partial charge in [0.05, 0.1) is 29.0 Å². The first-order chi connectivity index (χ1) is 23.3. The van der Waals surface area contributed by atoms with Crippen molar-refractivity contribution in [3.63, 3.8) is 0 Å². The molecule has 8 rings (SSSR count). The number of fused-ring (bicyclic) bond motifs is 4. The lowest BCUT2D eigenvalue weighted by molar-refractivity contribution is -0.127. The first-order valence-electron chi connectivity index (χ1n) is 16.2. The Hall–Kier alpha value is -5.64. The standard InChI is InChI=1S/C38H34FN7O2/c1-23(35-37-29(12-16-41-35)27-5-3-4-6-31(27)42-37)19-33(47)45-17-13-24(14-18-45)20-46-22-32-34(38(46)48)28(11-15-40-32)30-21-44(2)43-36(30)25-7-9-26(39)10-8-25/h3-12,15-16,19,21,24,42H,13-14,17-18,20,22H2,1-2H3/b23-19+. The predicted octanol–water partition coefficient (Wildman–Crippen LogP) is 6.62. The molecule has 0 spiro atoms. The van der Waals surface area contributed by atoms with Gasteiger partial charge in [-0.1, -0.05) is 18.2 Å². The van der Waals surface area contributed by atoms with E-state index in [4.69, 9.17) is 0 Å². The zero-order valence-corrected chi connectivity index (χ0v) is 26.8. The zero-order chi connectivity index (χ0) is 32.9. The summed E-state index contributed by atoms with van der Waals surface area (Å²) < 4.78 is 15.4. The molecule has 4 aromatic heterocycles. The second kappa shape index (κ2) is 11.9. The molecule has 2 amide bonds. The lowest BCUT2D eigenvalue weighted by Gasteiger charge is -2.33. The van der Waals surface area contributed by atoms with Gasteiger partial charge in [0.1, 0.15) is 11.5 Å². The van der Waals surface area contributed by atoms with E-state index < -0.39 is 0 Å². The van der Waals surface area contributed by atoms with Crippen LogP contribution in [0.15, 0.2) is 85.3 Å². The van der Waals surface area contributed by atoms with Gasteiger partial charge in [-0.15, -0.1) is 0 Å². The Balaban J connectivity index is 0.946. The Morgan fingerprint density at radius 2 is 1.75 bits per heavy atom. The molecule has 240 valence electrons. The molecule has 0 unspecified atom stereocenters. The highest BCUT2D eigenvalue weighted by molar-refractivity contribution is 6.10. The van der Waals surface area contributed by atoms with Crippen LogP contribution in [0, 0.1) is 11.7 Å². The van der Waals surface area contributed by atoms with Gasteiger partial charge >= 0.3 is 0 Å². The van der Waals surface area contributed by atoms with Crippen molar-refractivity contribution in [2.45, 2.75) is 26.3 Å². The van der Waals surface area contributed by atoms with E-state index in [9.17, 15) is 14.0 Å². The van der Waals surface area contributed by atoms with Crippen molar-refractivity contribution < 1.29 is 14.0 Å². The maximum Gasteiger partial charge on any atom is 0.256 e. The number of carbonyl (C=O) groups excluding carboxylic acids is 2. The summed E-state index contributed by atoms with van der Waals surface area (Å²) >= 11 is 0. The fourth-order valence-corrected chi connectivity index (χ4v) is 7.22. The number of hydrogen-bond acceptors (Lipinski definition) is 5. The van der Waals surface area contributed by atoms with E-state index in [1.165, 1.54) is 12.1 Å². The van der Waals surface area contributed by atoms with Gasteiger partial charge in [-0.2, -0.15) is 5.10 Å². The number of aryl methyl sites for hydroxylation is 1. The largest absolute Gasteiger partial charge is 0.353 e.